The Balaban J connectivity index is 2.42. The van der Waals surface area contributed by atoms with Gasteiger partial charge in [-0.1, -0.05) is 0 Å². The molecule has 0 aliphatic carbocycles. The molecule has 0 radical (unpaired) electrons. The van der Waals surface area contributed by atoms with Crippen molar-refractivity contribution >= 4 is 11.9 Å². The van der Waals surface area contributed by atoms with Gasteiger partial charge in [0.05, 0.1) is 6.61 Å². The molecule has 6 nitrogen and oxygen atoms in total. The van der Waals surface area contributed by atoms with Crippen LogP contribution in [-0.2, 0) is 4.74 Å². The van der Waals surface area contributed by atoms with Crippen molar-refractivity contribution in [3.05, 3.63) is 23.7 Å². The molecule has 0 spiro atoms. The number of carboxylic acids is 1. The highest BCUT2D eigenvalue weighted by atomic mass is 19.4. The smallest absolute Gasteiger partial charge is 0.411 e. The number of amides is 1. The fraction of sp³-hybridized carbons (Fsp3) is 0.455. The first-order valence-corrected chi connectivity index (χ1v) is 5.47. The molecule has 1 aromatic rings. The Morgan fingerprint density at radius 1 is 1.40 bits per heavy atom. The van der Waals surface area contributed by atoms with E-state index in [9.17, 15) is 22.8 Å². The summed E-state index contributed by atoms with van der Waals surface area (Å²) in [5.41, 5.74) is 0. The highest BCUT2D eigenvalue weighted by Gasteiger charge is 2.27. The Morgan fingerprint density at radius 3 is 2.50 bits per heavy atom. The molecule has 1 unspecified atom stereocenters. The van der Waals surface area contributed by atoms with Crippen LogP contribution < -0.4 is 5.32 Å². The minimum absolute atomic E-state index is 0.245. The van der Waals surface area contributed by atoms with Crippen LogP contribution in [0, 0.1) is 0 Å². The first-order chi connectivity index (χ1) is 9.19. The monoisotopic (exact) mass is 295 g/mol. The molecule has 0 saturated carbocycles. The van der Waals surface area contributed by atoms with Gasteiger partial charge in [0, 0.05) is 6.04 Å². The summed E-state index contributed by atoms with van der Waals surface area (Å²) < 4.78 is 44.6. The number of carbonyl (C=O) groups excluding carboxylic acids is 1. The number of furan rings is 1. The van der Waals surface area contributed by atoms with E-state index < -0.39 is 36.5 Å². The van der Waals surface area contributed by atoms with Crippen molar-refractivity contribution in [2.24, 2.45) is 0 Å². The highest BCUT2D eigenvalue weighted by molar-refractivity contribution is 5.93. The minimum Gasteiger partial charge on any atom is -0.475 e. The van der Waals surface area contributed by atoms with Gasteiger partial charge in [-0.25, -0.2) is 4.79 Å². The van der Waals surface area contributed by atoms with Crippen LogP contribution in [0.1, 0.15) is 28.0 Å². The van der Waals surface area contributed by atoms with E-state index in [4.69, 9.17) is 9.52 Å². The minimum atomic E-state index is -4.43. The Hall–Kier alpha value is -2.03. The van der Waals surface area contributed by atoms with Crippen molar-refractivity contribution in [2.75, 3.05) is 13.2 Å². The van der Waals surface area contributed by atoms with E-state index in [1.54, 1.807) is 0 Å². The Morgan fingerprint density at radius 2 is 2.00 bits per heavy atom. The number of aromatic carboxylic acids is 1. The molecular formula is C11H12F3NO5. The van der Waals surface area contributed by atoms with Gasteiger partial charge >= 0.3 is 12.1 Å². The third kappa shape index (κ3) is 5.31. The van der Waals surface area contributed by atoms with E-state index >= 15 is 0 Å². The van der Waals surface area contributed by atoms with Crippen LogP contribution in [-0.4, -0.2) is 42.4 Å². The number of hydrogen-bond donors (Lipinski definition) is 2. The second kappa shape index (κ2) is 6.42. The largest absolute Gasteiger partial charge is 0.475 e. The summed E-state index contributed by atoms with van der Waals surface area (Å²) in [6.45, 7) is -0.301. The lowest BCUT2D eigenvalue weighted by Gasteiger charge is -2.14. The van der Waals surface area contributed by atoms with E-state index in [0.29, 0.717) is 0 Å². The zero-order valence-corrected chi connectivity index (χ0v) is 10.4. The fourth-order valence-corrected chi connectivity index (χ4v) is 1.26. The third-order valence-electron chi connectivity index (χ3n) is 2.05. The van der Waals surface area contributed by atoms with Gasteiger partial charge in [0.1, 0.15) is 6.61 Å². The number of nitrogens with one attached hydrogen (secondary N) is 1. The number of halogens is 3. The molecule has 0 aliphatic rings. The molecule has 1 atom stereocenters. The van der Waals surface area contributed by atoms with Crippen LogP contribution in [0.4, 0.5) is 13.2 Å². The summed E-state index contributed by atoms with van der Waals surface area (Å²) in [4.78, 5) is 22.1. The van der Waals surface area contributed by atoms with Crippen LogP contribution >= 0.6 is 0 Å². The SMILES string of the molecule is CC(COCC(F)(F)F)NC(=O)c1ccc(C(=O)O)o1. The molecule has 1 heterocycles. The predicted molar refractivity (Wildman–Crippen MR) is 59.5 cm³/mol. The van der Waals surface area contributed by atoms with Gasteiger partial charge in [-0.05, 0) is 19.1 Å². The molecule has 0 saturated heterocycles. The van der Waals surface area contributed by atoms with Gasteiger partial charge in [0.15, 0.2) is 5.76 Å². The Labute approximate surface area is 111 Å². The molecule has 1 amide bonds. The standard InChI is InChI=1S/C11H12F3NO5/c1-6(4-19-5-11(12,13)14)15-9(16)7-2-3-8(20-7)10(17)18/h2-3,6H,4-5H2,1H3,(H,15,16)(H,17,18). The highest BCUT2D eigenvalue weighted by Crippen LogP contribution is 2.14. The van der Waals surface area contributed by atoms with Gasteiger partial charge < -0.3 is 19.6 Å². The van der Waals surface area contributed by atoms with Gasteiger partial charge in [-0.3, -0.25) is 4.79 Å². The quantitative estimate of drug-likeness (QED) is 0.833. The predicted octanol–water partition coefficient (Wildman–Crippen LogP) is 1.68. The van der Waals surface area contributed by atoms with Crippen molar-refractivity contribution in [2.45, 2.75) is 19.1 Å². The van der Waals surface area contributed by atoms with E-state index in [2.05, 4.69) is 10.1 Å². The van der Waals surface area contributed by atoms with Gasteiger partial charge in [0.25, 0.3) is 5.91 Å². The number of carbonyl (C=O) groups is 2. The summed E-state index contributed by atoms with van der Waals surface area (Å²) >= 11 is 0. The summed E-state index contributed by atoms with van der Waals surface area (Å²) in [7, 11) is 0. The molecule has 0 aliphatic heterocycles. The van der Waals surface area contributed by atoms with E-state index in [-0.39, 0.29) is 12.4 Å². The lowest BCUT2D eigenvalue weighted by atomic mass is 10.3. The van der Waals surface area contributed by atoms with Crippen molar-refractivity contribution in [1.82, 2.24) is 5.32 Å². The number of ether oxygens (including phenoxy) is 1. The van der Waals surface area contributed by atoms with Crippen molar-refractivity contribution in [3.8, 4) is 0 Å². The number of hydrogen-bond acceptors (Lipinski definition) is 4. The number of rotatable bonds is 6. The van der Waals surface area contributed by atoms with Crippen LogP contribution in [0.3, 0.4) is 0 Å². The number of alkyl halides is 3. The van der Waals surface area contributed by atoms with E-state index in [1.165, 1.54) is 6.92 Å². The normalized spacial score (nSPS) is 13.0. The average Bonchev–Trinajstić information content (AvgIpc) is 2.76. The number of carboxylic acid groups (broad SMARTS) is 1. The van der Waals surface area contributed by atoms with Crippen LogP contribution in [0.5, 0.6) is 0 Å². The van der Waals surface area contributed by atoms with Gasteiger partial charge in [-0.2, -0.15) is 13.2 Å². The lowest BCUT2D eigenvalue weighted by molar-refractivity contribution is -0.174. The second-order valence-corrected chi connectivity index (χ2v) is 3.97. The molecular weight excluding hydrogens is 283 g/mol. The van der Waals surface area contributed by atoms with Gasteiger partial charge in [0.2, 0.25) is 5.76 Å². The first-order valence-electron chi connectivity index (χ1n) is 5.47. The van der Waals surface area contributed by atoms with Crippen LogP contribution in [0.2, 0.25) is 0 Å². The topological polar surface area (TPSA) is 88.8 Å². The zero-order chi connectivity index (χ0) is 15.3. The summed E-state index contributed by atoms with van der Waals surface area (Å²) in [6.07, 6.45) is -4.43. The van der Waals surface area contributed by atoms with Crippen LogP contribution in [0.15, 0.2) is 16.5 Å². The summed E-state index contributed by atoms with van der Waals surface area (Å²) in [5.74, 6) is -2.72. The van der Waals surface area contributed by atoms with Crippen molar-refractivity contribution in [1.29, 1.82) is 0 Å². The zero-order valence-electron chi connectivity index (χ0n) is 10.4. The maximum Gasteiger partial charge on any atom is 0.411 e. The maximum atomic E-state index is 11.8. The first kappa shape index (κ1) is 16.0. The van der Waals surface area contributed by atoms with Crippen LogP contribution in [0.25, 0.3) is 0 Å². The molecule has 9 heteroatoms. The molecule has 0 bridgehead atoms. The Bertz CT molecular complexity index is 483. The van der Waals surface area contributed by atoms with Crippen molar-refractivity contribution in [3.63, 3.8) is 0 Å². The van der Waals surface area contributed by atoms with Crippen molar-refractivity contribution < 1.29 is 37.0 Å². The summed E-state index contributed by atoms with van der Waals surface area (Å²) in [5, 5.41) is 10.9. The molecule has 0 fully saturated rings. The third-order valence-corrected chi connectivity index (χ3v) is 2.05. The molecule has 20 heavy (non-hydrogen) atoms. The fourth-order valence-electron chi connectivity index (χ4n) is 1.26. The van der Waals surface area contributed by atoms with Gasteiger partial charge in [-0.15, -0.1) is 0 Å². The molecule has 1 aromatic heterocycles. The lowest BCUT2D eigenvalue weighted by Crippen LogP contribution is -2.36. The molecule has 0 aromatic carbocycles. The summed E-state index contributed by atoms with van der Waals surface area (Å²) in [6, 6.07) is 1.56. The van der Waals surface area contributed by atoms with E-state index in [1.807, 2.05) is 0 Å². The van der Waals surface area contributed by atoms with E-state index in [0.717, 1.165) is 12.1 Å². The second-order valence-electron chi connectivity index (χ2n) is 3.97. The molecule has 1 rings (SSSR count). The molecule has 112 valence electrons. The Kier molecular flexibility index (Phi) is 5.14. The average molecular weight is 295 g/mol. The maximum absolute atomic E-state index is 11.8. The molecule has 2 N–H and O–H groups in total.